The second-order valence-corrected chi connectivity index (χ2v) is 6.31. The Hall–Kier alpha value is -0.670. The number of hydrogen-bond donors (Lipinski definition) is 1. The number of rotatable bonds is 1. The Morgan fingerprint density at radius 1 is 1.41 bits per heavy atom. The van der Waals surface area contributed by atoms with Crippen LogP contribution < -0.4 is 10.5 Å². The molecule has 1 saturated heterocycles. The summed E-state index contributed by atoms with van der Waals surface area (Å²) in [5.74, 6) is 4.22. The van der Waals surface area contributed by atoms with E-state index in [0.717, 1.165) is 12.2 Å². The molecule has 0 aliphatic carbocycles. The fourth-order valence-corrected chi connectivity index (χ4v) is 4.11. The average Bonchev–Trinajstić information content (AvgIpc) is 2.83. The van der Waals surface area contributed by atoms with E-state index in [1.807, 2.05) is 11.8 Å². The molecule has 1 fully saturated rings. The summed E-state index contributed by atoms with van der Waals surface area (Å²) in [6.07, 6.45) is 2.58. The lowest BCUT2D eigenvalue weighted by Crippen LogP contribution is -2.35. The molecule has 1 aromatic carbocycles. The molecular formula is C14H19NOS. The number of fused-ring (bicyclic) bond motifs is 1. The molecule has 0 saturated carbocycles. The molecule has 3 heteroatoms. The van der Waals surface area contributed by atoms with Crippen molar-refractivity contribution in [1.29, 1.82) is 0 Å². The van der Waals surface area contributed by atoms with Gasteiger partial charge in [-0.3, -0.25) is 0 Å². The lowest BCUT2D eigenvalue weighted by atomic mass is 9.89. The van der Waals surface area contributed by atoms with Crippen molar-refractivity contribution in [2.24, 2.45) is 11.7 Å². The normalized spacial score (nSPS) is 32.0. The molecule has 2 aliphatic rings. The maximum Gasteiger partial charge on any atom is 0.124 e. The molecule has 0 bridgehead atoms. The van der Waals surface area contributed by atoms with Crippen LogP contribution in [0.15, 0.2) is 18.2 Å². The van der Waals surface area contributed by atoms with Crippen molar-refractivity contribution < 1.29 is 4.74 Å². The Balaban J connectivity index is 1.84. The van der Waals surface area contributed by atoms with Gasteiger partial charge in [0.25, 0.3) is 0 Å². The van der Waals surface area contributed by atoms with Crippen molar-refractivity contribution >= 4 is 11.8 Å². The van der Waals surface area contributed by atoms with Crippen LogP contribution in [0.1, 0.15) is 30.0 Å². The third kappa shape index (κ3) is 2.18. The van der Waals surface area contributed by atoms with E-state index >= 15 is 0 Å². The van der Waals surface area contributed by atoms with Crippen LogP contribution in [-0.2, 0) is 0 Å². The Kier molecular flexibility index (Phi) is 3.05. The Morgan fingerprint density at radius 3 is 3.06 bits per heavy atom. The smallest absolute Gasteiger partial charge is 0.124 e. The van der Waals surface area contributed by atoms with Crippen LogP contribution in [0.25, 0.3) is 0 Å². The van der Waals surface area contributed by atoms with Crippen molar-refractivity contribution in [2.45, 2.75) is 31.9 Å². The summed E-state index contributed by atoms with van der Waals surface area (Å²) < 4.78 is 6.15. The Morgan fingerprint density at radius 2 is 2.29 bits per heavy atom. The van der Waals surface area contributed by atoms with Gasteiger partial charge in [-0.1, -0.05) is 17.7 Å². The lowest BCUT2D eigenvalue weighted by Gasteiger charge is -2.33. The fourth-order valence-electron chi connectivity index (χ4n) is 2.79. The van der Waals surface area contributed by atoms with Crippen LogP contribution in [0.3, 0.4) is 0 Å². The molecule has 92 valence electrons. The van der Waals surface area contributed by atoms with Crippen molar-refractivity contribution in [3.8, 4) is 5.75 Å². The van der Waals surface area contributed by atoms with E-state index in [4.69, 9.17) is 10.5 Å². The number of ether oxygens (including phenoxy) is 1. The topological polar surface area (TPSA) is 35.2 Å². The van der Waals surface area contributed by atoms with E-state index < -0.39 is 0 Å². The zero-order valence-corrected chi connectivity index (χ0v) is 11.0. The first-order chi connectivity index (χ1) is 8.24. The first-order valence-corrected chi connectivity index (χ1v) is 7.50. The van der Waals surface area contributed by atoms with E-state index in [1.165, 1.54) is 29.1 Å². The van der Waals surface area contributed by atoms with Crippen LogP contribution in [0.2, 0.25) is 0 Å². The van der Waals surface area contributed by atoms with Gasteiger partial charge in [0, 0.05) is 23.9 Å². The van der Waals surface area contributed by atoms with Crippen LogP contribution in [0, 0.1) is 12.8 Å². The van der Waals surface area contributed by atoms with Crippen LogP contribution in [0.4, 0.5) is 0 Å². The van der Waals surface area contributed by atoms with E-state index in [0.29, 0.717) is 12.0 Å². The molecule has 2 nitrogen and oxygen atoms in total. The van der Waals surface area contributed by atoms with E-state index in [2.05, 4.69) is 25.1 Å². The van der Waals surface area contributed by atoms with Crippen molar-refractivity contribution in [3.05, 3.63) is 29.3 Å². The second kappa shape index (κ2) is 4.54. The van der Waals surface area contributed by atoms with Gasteiger partial charge in [0.05, 0.1) is 0 Å². The van der Waals surface area contributed by atoms with Crippen LogP contribution in [-0.4, -0.2) is 17.6 Å². The van der Waals surface area contributed by atoms with Gasteiger partial charge >= 0.3 is 0 Å². The maximum absolute atomic E-state index is 6.29. The fraction of sp³-hybridized carbons (Fsp3) is 0.571. The SMILES string of the molecule is Cc1ccc2c(c1)[C@H](N)CC(C1CCSC1)O2. The third-order valence-corrected chi connectivity index (χ3v) is 5.01. The average molecular weight is 249 g/mol. The summed E-state index contributed by atoms with van der Waals surface area (Å²) in [4.78, 5) is 0. The molecule has 3 atom stereocenters. The molecule has 2 aliphatic heterocycles. The number of nitrogens with two attached hydrogens (primary N) is 1. The first kappa shape index (κ1) is 11.4. The highest BCUT2D eigenvalue weighted by molar-refractivity contribution is 7.99. The second-order valence-electron chi connectivity index (χ2n) is 5.16. The van der Waals surface area contributed by atoms with Gasteiger partial charge < -0.3 is 10.5 Å². The minimum atomic E-state index is 0.147. The number of aryl methyl sites for hydroxylation is 1. The minimum Gasteiger partial charge on any atom is -0.490 e. The molecule has 0 amide bonds. The molecule has 2 unspecified atom stereocenters. The predicted molar refractivity (Wildman–Crippen MR) is 72.6 cm³/mol. The Labute approximate surface area is 107 Å². The highest BCUT2D eigenvalue weighted by atomic mass is 32.2. The summed E-state index contributed by atoms with van der Waals surface area (Å²) in [5, 5.41) is 0. The minimum absolute atomic E-state index is 0.147. The quantitative estimate of drug-likeness (QED) is 0.831. The summed E-state index contributed by atoms with van der Waals surface area (Å²) >= 11 is 2.04. The van der Waals surface area contributed by atoms with Crippen molar-refractivity contribution in [1.82, 2.24) is 0 Å². The predicted octanol–water partition coefficient (Wildman–Crippen LogP) is 2.90. The van der Waals surface area contributed by atoms with Crippen LogP contribution in [0.5, 0.6) is 5.75 Å². The molecular weight excluding hydrogens is 230 g/mol. The summed E-state index contributed by atoms with van der Waals surface area (Å²) in [6, 6.07) is 6.50. The van der Waals surface area contributed by atoms with E-state index in [1.54, 1.807) is 0 Å². The summed E-state index contributed by atoms with van der Waals surface area (Å²) in [5.41, 5.74) is 8.74. The maximum atomic E-state index is 6.29. The van der Waals surface area contributed by atoms with Gasteiger partial charge in [-0.2, -0.15) is 11.8 Å². The van der Waals surface area contributed by atoms with E-state index in [-0.39, 0.29) is 6.04 Å². The Bertz CT molecular complexity index is 415. The zero-order valence-electron chi connectivity index (χ0n) is 10.2. The van der Waals surface area contributed by atoms with Crippen molar-refractivity contribution in [3.63, 3.8) is 0 Å². The number of benzene rings is 1. The lowest BCUT2D eigenvalue weighted by molar-refractivity contribution is 0.110. The van der Waals surface area contributed by atoms with Crippen LogP contribution >= 0.6 is 11.8 Å². The van der Waals surface area contributed by atoms with Gasteiger partial charge in [-0.05, 0) is 30.9 Å². The van der Waals surface area contributed by atoms with Crippen molar-refractivity contribution in [2.75, 3.05) is 11.5 Å². The van der Waals surface area contributed by atoms with Gasteiger partial charge in [0.1, 0.15) is 11.9 Å². The monoisotopic (exact) mass is 249 g/mol. The number of hydrogen-bond acceptors (Lipinski definition) is 3. The molecule has 3 rings (SSSR count). The first-order valence-electron chi connectivity index (χ1n) is 6.34. The largest absolute Gasteiger partial charge is 0.490 e. The molecule has 0 aromatic heterocycles. The van der Waals surface area contributed by atoms with Gasteiger partial charge in [0.15, 0.2) is 0 Å². The highest BCUT2D eigenvalue weighted by Crippen LogP contribution is 2.39. The summed E-state index contributed by atoms with van der Waals surface area (Å²) in [7, 11) is 0. The molecule has 2 heterocycles. The third-order valence-electron chi connectivity index (χ3n) is 3.82. The van der Waals surface area contributed by atoms with E-state index in [9.17, 15) is 0 Å². The molecule has 2 N–H and O–H groups in total. The standard InChI is InChI=1S/C14H19NOS/c1-9-2-3-13-11(6-9)12(15)7-14(16-13)10-4-5-17-8-10/h2-3,6,10,12,14H,4-5,7-8,15H2,1H3/t10?,12-,14?/m1/s1. The molecule has 17 heavy (non-hydrogen) atoms. The van der Waals surface area contributed by atoms with Gasteiger partial charge in [-0.25, -0.2) is 0 Å². The highest BCUT2D eigenvalue weighted by Gasteiger charge is 2.33. The molecule has 0 spiro atoms. The van der Waals surface area contributed by atoms with Gasteiger partial charge in [0.2, 0.25) is 0 Å². The number of thioether (sulfide) groups is 1. The zero-order chi connectivity index (χ0) is 11.8. The van der Waals surface area contributed by atoms with Gasteiger partial charge in [-0.15, -0.1) is 0 Å². The molecule has 1 aromatic rings. The summed E-state index contributed by atoms with van der Waals surface area (Å²) in [6.45, 7) is 2.10. The molecule has 0 radical (unpaired) electrons.